The number of alkyl carbamates (subject to hydrolysis) is 1. The summed E-state index contributed by atoms with van der Waals surface area (Å²) in [4.78, 5) is 24.5. The molecule has 0 spiro atoms. The fraction of sp³-hybridized carbons (Fsp3) is 0.545. The maximum Gasteiger partial charge on any atom is 0.407 e. The maximum atomic E-state index is 12.4. The minimum Gasteiger partial charge on any atom is -0.457 e. The molecule has 0 unspecified atom stereocenters. The van der Waals surface area contributed by atoms with Crippen molar-refractivity contribution < 1.29 is 31.7 Å². The Morgan fingerprint density at radius 2 is 1.55 bits per heavy atom. The smallest absolute Gasteiger partial charge is 0.407 e. The van der Waals surface area contributed by atoms with E-state index in [1.807, 2.05) is 30.3 Å². The van der Waals surface area contributed by atoms with Crippen LogP contribution in [0.3, 0.4) is 0 Å². The minimum absolute atomic E-state index is 0.235. The van der Waals surface area contributed by atoms with Crippen molar-refractivity contribution in [3.8, 4) is 0 Å². The van der Waals surface area contributed by atoms with E-state index in [1.165, 1.54) is 6.08 Å². The van der Waals surface area contributed by atoms with Crippen LogP contribution in [0.25, 0.3) is 0 Å². The highest BCUT2D eigenvalue weighted by molar-refractivity contribution is 7.86. The van der Waals surface area contributed by atoms with Crippen LogP contribution in [0.15, 0.2) is 42.5 Å². The zero-order chi connectivity index (χ0) is 23.9. The van der Waals surface area contributed by atoms with Gasteiger partial charge < -0.3 is 14.8 Å². The molecule has 2 atom stereocenters. The van der Waals surface area contributed by atoms with E-state index >= 15 is 0 Å². The van der Waals surface area contributed by atoms with Crippen LogP contribution in [0.4, 0.5) is 4.79 Å². The maximum absolute atomic E-state index is 12.4. The molecule has 0 aromatic heterocycles. The second-order valence-electron chi connectivity index (χ2n) is 9.10. The summed E-state index contributed by atoms with van der Waals surface area (Å²) in [6.45, 7) is 10.3. The van der Waals surface area contributed by atoms with Crippen LogP contribution in [0.5, 0.6) is 0 Å². The fourth-order valence-electron chi connectivity index (χ4n) is 2.52. The summed E-state index contributed by atoms with van der Waals surface area (Å²) in [6.07, 6.45) is 1.58. The van der Waals surface area contributed by atoms with Crippen LogP contribution in [-0.2, 0) is 35.0 Å². The van der Waals surface area contributed by atoms with Crippen molar-refractivity contribution in [2.75, 3.05) is 6.26 Å². The third kappa shape index (κ3) is 12.8. The molecule has 8 nitrogen and oxygen atoms in total. The van der Waals surface area contributed by atoms with E-state index in [9.17, 15) is 18.0 Å². The van der Waals surface area contributed by atoms with E-state index in [0.29, 0.717) is 0 Å². The van der Waals surface area contributed by atoms with Gasteiger partial charge in [0.25, 0.3) is 10.1 Å². The molecule has 0 radical (unpaired) electrons. The van der Waals surface area contributed by atoms with Crippen molar-refractivity contribution in [2.24, 2.45) is 0 Å². The molecule has 0 saturated carbocycles. The van der Waals surface area contributed by atoms with E-state index in [1.54, 1.807) is 41.5 Å². The van der Waals surface area contributed by atoms with E-state index in [0.717, 1.165) is 17.9 Å². The zero-order valence-corrected chi connectivity index (χ0v) is 20.0. The van der Waals surface area contributed by atoms with Gasteiger partial charge in [0, 0.05) is 6.08 Å². The number of ether oxygens (including phenoxy) is 2. The Balaban J connectivity index is 3.21. The Kier molecular flexibility index (Phi) is 9.26. The number of carbonyl (C=O) groups is 2. The van der Waals surface area contributed by atoms with Gasteiger partial charge in [-0.25, -0.2) is 9.59 Å². The normalized spacial score (nSPS) is 14.7. The standard InChI is InChI=1S/C22H33NO7S/c1-21(2,3)28-19(24)14-13-18(30-31(7,26)27)17(15-16-11-9-8-10-12-16)23-20(25)29-22(4,5)6/h8-14,17-18H,15H2,1-7H3,(H,23,25)/b14-13+/t17-,18-/m1/s1. The van der Waals surface area contributed by atoms with Gasteiger partial charge in [-0.15, -0.1) is 0 Å². The van der Waals surface area contributed by atoms with E-state index < -0.39 is 45.5 Å². The second kappa shape index (κ2) is 10.8. The summed E-state index contributed by atoms with van der Waals surface area (Å²) in [5, 5.41) is 2.66. The Hall–Kier alpha value is -2.39. The number of hydrogen-bond acceptors (Lipinski definition) is 7. The first kappa shape index (κ1) is 26.6. The zero-order valence-electron chi connectivity index (χ0n) is 19.2. The molecule has 174 valence electrons. The molecule has 1 aromatic rings. The van der Waals surface area contributed by atoms with Crippen LogP contribution in [0, 0.1) is 0 Å². The van der Waals surface area contributed by atoms with Crippen molar-refractivity contribution in [1.82, 2.24) is 5.32 Å². The molecule has 1 N–H and O–H groups in total. The van der Waals surface area contributed by atoms with Crippen LogP contribution in [-0.4, -0.2) is 50.1 Å². The number of hydrogen-bond donors (Lipinski definition) is 1. The topological polar surface area (TPSA) is 108 Å². The van der Waals surface area contributed by atoms with E-state index in [-0.39, 0.29) is 6.42 Å². The first-order chi connectivity index (χ1) is 14.0. The molecule has 1 rings (SSSR count). The van der Waals surface area contributed by atoms with Crippen LogP contribution < -0.4 is 5.32 Å². The van der Waals surface area contributed by atoms with Crippen molar-refractivity contribution in [3.63, 3.8) is 0 Å². The predicted octanol–water partition coefficient (Wildman–Crippen LogP) is 3.37. The quantitative estimate of drug-likeness (QED) is 0.364. The fourth-order valence-corrected chi connectivity index (χ4v) is 3.12. The van der Waals surface area contributed by atoms with Crippen molar-refractivity contribution in [3.05, 3.63) is 48.0 Å². The number of benzene rings is 1. The van der Waals surface area contributed by atoms with Gasteiger partial charge in [0.2, 0.25) is 0 Å². The summed E-state index contributed by atoms with van der Waals surface area (Å²) in [7, 11) is -3.91. The summed E-state index contributed by atoms with van der Waals surface area (Å²) < 4.78 is 39.5. The van der Waals surface area contributed by atoms with Gasteiger partial charge in [-0.05, 0) is 59.6 Å². The van der Waals surface area contributed by atoms with Crippen molar-refractivity contribution in [2.45, 2.75) is 71.3 Å². The highest BCUT2D eigenvalue weighted by Crippen LogP contribution is 2.15. The predicted molar refractivity (Wildman–Crippen MR) is 118 cm³/mol. The van der Waals surface area contributed by atoms with E-state index in [2.05, 4.69) is 5.32 Å². The molecule has 1 amide bonds. The largest absolute Gasteiger partial charge is 0.457 e. The summed E-state index contributed by atoms with van der Waals surface area (Å²) in [5.74, 6) is -0.662. The third-order valence-corrected chi connectivity index (χ3v) is 4.08. The first-order valence-electron chi connectivity index (χ1n) is 9.87. The molecule has 0 fully saturated rings. The summed E-state index contributed by atoms with van der Waals surface area (Å²) in [6, 6.07) is 8.31. The molecule has 0 aliphatic carbocycles. The summed E-state index contributed by atoms with van der Waals surface area (Å²) in [5.41, 5.74) is -0.635. The van der Waals surface area contributed by atoms with Crippen LogP contribution in [0.1, 0.15) is 47.1 Å². The number of carbonyl (C=O) groups excluding carboxylic acids is 2. The summed E-state index contributed by atoms with van der Waals surface area (Å²) >= 11 is 0. The van der Waals surface area contributed by atoms with Gasteiger partial charge in [0.15, 0.2) is 0 Å². The molecular formula is C22H33NO7S. The highest BCUT2D eigenvalue weighted by atomic mass is 32.2. The molecule has 0 aliphatic rings. The number of nitrogens with one attached hydrogen (secondary N) is 1. The first-order valence-corrected chi connectivity index (χ1v) is 11.7. The number of amides is 1. The molecule has 0 aliphatic heterocycles. The third-order valence-electron chi connectivity index (χ3n) is 3.51. The Bertz CT molecular complexity index is 865. The monoisotopic (exact) mass is 455 g/mol. The molecule has 0 saturated heterocycles. The highest BCUT2D eigenvalue weighted by Gasteiger charge is 2.28. The van der Waals surface area contributed by atoms with Gasteiger partial charge in [-0.3, -0.25) is 4.18 Å². The van der Waals surface area contributed by atoms with Crippen molar-refractivity contribution in [1.29, 1.82) is 0 Å². The molecular weight excluding hydrogens is 422 g/mol. The number of rotatable bonds is 8. The van der Waals surface area contributed by atoms with Gasteiger partial charge in [-0.1, -0.05) is 30.3 Å². The van der Waals surface area contributed by atoms with Crippen LogP contribution >= 0.6 is 0 Å². The Labute approximate surface area is 185 Å². The Morgan fingerprint density at radius 1 is 1.00 bits per heavy atom. The lowest BCUT2D eigenvalue weighted by molar-refractivity contribution is -0.148. The lowest BCUT2D eigenvalue weighted by atomic mass is 10.0. The molecule has 0 bridgehead atoms. The van der Waals surface area contributed by atoms with Gasteiger partial charge in [0.05, 0.1) is 12.3 Å². The molecule has 31 heavy (non-hydrogen) atoms. The van der Waals surface area contributed by atoms with Gasteiger partial charge in [0.1, 0.15) is 17.3 Å². The van der Waals surface area contributed by atoms with Gasteiger partial charge in [-0.2, -0.15) is 8.42 Å². The SMILES string of the molecule is CC(C)(C)OC(=O)/C=C/[C@@H](OS(C)(=O)=O)[C@@H](Cc1ccccc1)NC(=O)OC(C)(C)C. The lowest BCUT2D eigenvalue weighted by Crippen LogP contribution is -2.47. The van der Waals surface area contributed by atoms with E-state index in [4.69, 9.17) is 13.7 Å². The molecule has 1 aromatic carbocycles. The average molecular weight is 456 g/mol. The average Bonchev–Trinajstić information content (AvgIpc) is 2.54. The number of esters is 1. The second-order valence-corrected chi connectivity index (χ2v) is 10.7. The van der Waals surface area contributed by atoms with Crippen molar-refractivity contribution >= 4 is 22.2 Å². The lowest BCUT2D eigenvalue weighted by Gasteiger charge is -2.27. The molecule has 0 heterocycles. The van der Waals surface area contributed by atoms with Gasteiger partial charge >= 0.3 is 12.1 Å². The Morgan fingerprint density at radius 3 is 2.03 bits per heavy atom. The minimum atomic E-state index is -3.91. The van der Waals surface area contributed by atoms with Crippen LogP contribution in [0.2, 0.25) is 0 Å². The molecule has 9 heteroatoms.